The second kappa shape index (κ2) is 7.77. The van der Waals surface area contributed by atoms with Gasteiger partial charge in [0.25, 0.3) is 11.5 Å². The number of hydrogen-bond donors (Lipinski definition) is 1. The number of thiazole rings is 1. The summed E-state index contributed by atoms with van der Waals surface area (Å²) in [5.41, 5.74) is 2.14. The molecule has 0 atom stereocenters. The number of carbonyl (C=O) groups is 1. The van der Waals surface area contributed by atoms with Crippen molar-refractivity contribution in [3.05, 3.63) is 85.0 Å². The number of fused-ring (bicyclic) bond motifs is 1. The van der Waals surface area contributed by atoms with Crippen molar-refractivity contribution in [2.45, 2.75) is 6.54 Å². The van der Waals surface area contributed by atoms with E-state index in [1.807, 2.05) is 55.4 Å². The van der Waals surface area contributed by atoms with Crippen LogP contribution in [-0.2, 0) is 11.3 Å². The van der Waals surface area contributed by atoms with Crippen LogP contribution in [0.3, 0.4) is 0 Å². The molecule has 29 heavy (non-hydrogen) atoms. The highest BCUT2D eigenvalue weighted by atomic mass is 32.1. The summed E-state index contributed by atoms with van der Waals surface area (Å²) in [5, 5.41) is 2.77. The lowest BCUT2D eigenvalue weighted by atomic mass is 10.1. The van der Waals surface area contributed by atoms with Crippen LogP contribution in [0.1, 0.15) is 11.1 Å². The third-order valence-corrected chi connectivity index (χ3v) is 5.85. The molecular weight excluding hydrogens is 389 g/mol. The van der Waals surface area contributed by atoms with Gasteiger partial charge in [0.05, 0.1) is 10.1 Å². The van der Waals surface area contributed by atoms with Crippen LogP contribution < -0.4 is 20.1 Å². The summed E-state index contributed by atoms with van der Waals surface area (Å²) in [6.45, 7) is 1.07. The number of anilines is 1. The van der Waals surface area contributed by atoms with E-state index in [0.717, 1.165) is 5.56 Å². The van der Waals surface area contributed by atoms with Crippen LogP contribution in [0, 0.1) is 5.82 Å². The van der Waals surface area contributed by atoms with Crippen molar-refractivity contribution in [2.75, 3.05) is 26.0 Å². The van der Waals surface area contributed by atoms with Crippen LogP contribution in [0.5, 0.6) is 0 Å². The Bertz CT molecular complexity index is 1260. The van der Waals surface area contributed by atoms with Gasteiger partial charge in [0.15, 0.2) is 0 Å². The SMILES string of the molecule is CN(C)CCn1c(=O)/c(=C\c2ccccc2)s/c1=C1/C(=O)Nc2ccc(F)cc21. The second-order valence-electron chi connectivity index (χ2n) is 7.11. The average Bonchev–Trinajstić information content (AvgIpc) is 3.16. The normalized spacial score (nSPS) is 15.7. The Morgan fingerprint density at radius 2 is 1.90 bits per heavy atom. The Hall–Kier alpha value is -3.03. The fourth-order valence-corrected chi connectivity index (χ4v) is 4.45. The summed E-state index contributed by atoms with van der Waals surface area (Å²) in [5.74, 6) is -0.746. The van der Waals surface area contributed by atoms with Crippen LogP contribution >= 0.6 is 11.3 Å². The van der Waals surface area contributed by atoms with Crippen LogP contribution in [0.25, 0.3) is 11.6 Å². The molecule has 0 radical (unpaired) electrons. The van der Waals surface area contributed by atoms with E-state index in [1.54, 1.807) is 10.6 Å². The zero-order valence-electron chi connectivity index (χ0n) is 16.1. The predicted molar refractivity (Wildman–Crippen MR) is 114 cm³/mol. The Morgan fingerprint density at radius 1 is 1.14 bits per heavy atom. The van der Waals surface area contributed by atoms with Gasteiger partial charge in [-0.2, -0.15) is 0 Å². The summed E-state index contributed by atoms with van der Waals surface area (Å²) in [4.78, 5) is 27.8. The van der Waals surface area contributed by atoms with Crippen molar-refractivity contribution in [3.8, 4) is 0 Å². The first-order chi connectivity index (χ1) is 13.9. The van der Waals surface area contributed by atoms with Crippen molar-refractivity contribution >= 4 is 34.6 Å². The Morgan fingerprint density at radius 3 is 2.62 bits per heavy atom. The van der Waals surface area contributed by atoms with Gasteiger partial charge in [-0.3, -0.25) is 14.2 Å². The minimum absolute atomic E-state index is 0.152. The highest BCUT2D eigenvalue weighted by Crippen LogP contribution is 2.30. The molecule has 2 aromatic carbocycles. The molecule has 0 saturated carbocycles. The van der Waals surface area contributed by atoms with E-state index >= 15 is 0 Å². The molecule has 2 heterocycles. The average molecular weight is 409 g/mol. The van der Waals surface area contributed by atoms with Gasteiger partial charge in [-0.25, -0.2) is 4.39 Å². The molecule has 5 nitrogen and oxygen atoms in total. The molecule has 148 valence electrons. The van der Waals surface area contributed by atoms with Gasteiger partial charge in [0.1, 0.15) is 10.5 Å². The highest BCUT2D eigenvalue weighted by molar-refractivity contribution is 7.07. The molecular formula is C22H20FN3O2S. The van der Waals surface area contributed by atoms with E-state index in [4.69, 9.17) is 0 Å². The molecule has 1 aromatic heterocycles. The third-order valence-electron chi connectivity index (χ3n) is 4.72. The molecule has 0 aliphatic carbocycles. The fourth-order valence-electron chi connectivity index (χ4n) is 3.26. The molecule has 1 aliphatic heterocycles. The lowest BCUT2D eigenvalue weighted by Gasteiger charge is -2.10. The van der Waals surface area contributed by atoms with E-state index in [0.29, 0.717) is 39.1 Å². The molecule has 1 N–H and O–H groups in total. The number of halogens is 1. The van der Waals surface area contributed by atoms with Crippen molar-refractivity contribution in [3.63, 3.8) is 0 Å². The number of carbonyl (C=O) groups excluding carboxylic acids is 1. The summed E-state index contributed by atoms with van der Waals surface area (Å²) >= 11 is 1.26. The van der Waals surface area contributed by atoms with Crippen LogP contribution in [-0.4, -0.2) is 36.0 Å². The maximum absolute atomic E-state index is 13.9. The number of hydrogen-bond acceptors (Lipinski definition) is 4. The van der Waals surface area contributed by atoms with Crippen molar-refractivity contribution < 1.29 is 9.18 Å². The second-order valence-corrected chi connectivity index (χ2v) is 8.14. The quantitative estimate of drug-likeness (QED) is 0.712. The minimum atomic E-state index is -0.424. The Kier molecular flexibility index (Phi) is 5.17. The molecule has 0 fully saturated rings. The molecule has 1 aliphatic rings. The number of rotatable bonds is 4. The molecule has 7 heteroatoms. The molecule has 4 rings (SSSR count). The predicted octanol–water partition coefficient (Wildman–Crippen LogP) is 1.59. The van der Waals surface area contributed by atoms with Crippen molar-refractivity contribution in [2.24, 2.45) is 0 Å². The van der Waals surface area contributed by atoms with Gasteiger partial charge < -0.3 is 10.2 Å². The van der Waals surface area contributed by atoms with Gasteiger partial charge >= 0.3 is 0 Å². The molecule has 3 aromatic rings. The minimum Gasteiger partial charge on any atom is -0.321 e. The molecule has 0 unspecified atom stereocenters. The first-order valence-corrected chi connectivity index (χ1v) is 10.0. The van der Waals surface area contributed by atoms with E-state index in [9.17, 15) is 14.0 Å². The number of benzene rings is 2. The number of amides is 1. The third kappa shape index (κ3) is 3.79. The highest BCUT2D eigenvalue weighted by Gasteiger charge is 2.27. The topological polar surface area (TPSA) is 54.3 Å². The molecule has 0 spiro atoms. The standard InChI is InChI=1S/C22H20FN3O2S/c1-25(2)10-11-26-21(28)18(12-14-6-4-3-5-7-14)29-22(26)19-16-13-15(23)8-9-17(16)24-20(19)27/h3-9,12-13H,10-11H2,1-2H3,(H,24,27)/b18-12+,22-19+. The monoisotopic (exact) mass is 409 g/mol. The van der Waals surface area contributed by atoms with Gasteiger partial charge in [-0.15, -0.1) is 11.3 Å². The maximum Gasteiger partial charge on any atom is 0.269 e. The van der Waals surface area contributed by atoms with Gasteiger partial charge in [-0.05, 0) is 43.9 Å². The van der Waals surface area contributed by atoms with E-state index in [-0.39, 0.29) is 11.5 Å². The largest absolute Gasteiger partial charge is 0.321 e. The zero-order chi connectivity index (χ0) is 20.5. The molecule has 1 amide bonds. The summed E-state index contributed by atoms with van der Waals surface area (Å²) in [6, 6.07) is 13.8. The Balaban J connectivity index is 2.01. The first-order valence-electron chi connectivity index (χ1n) is 9.21. The van der Waals surface area contributed by atoms with Crippen molar-refractivity contribution in [1.82, 2.24) is 9.47 Å². The number of nitrogens with zero attached hydrogens (tertiary/aromatic N) is 2. The Labute approximate surface area is 171 Å². The summed E-state index contributed by atoms with van der Waals surface area (Å²) in [7, 11) is 3.85. The molecule has 0 saturated heterocycles. The van der Waals surface area contributed by atoms with Crippen LogP contribution in [0.15, 0.2) is 53.3 Å². The smallest absolute Gasteiger partial charge is 0.269 e. The van der Waals surface area contributed by atoms with Gasteiger partial charge in [0, 0.05) is 24.3 Å². The fraction of sp³-hybridized carbons (Fsp3) is 0.182. The first kappa shape index (κ1) is 19.3. The zero-order valence-corrected chi connectivity index (χ0v) is 16.9. The van der Waals surface area contributed by atoms with E-state index in [2.05, 4.69) is 5.32 Å². The van der Waals surface area contributed by atoms with E-state index < -0.39 is 5.82 Å². The van der Waals surface area contributed by atoms with Crippen LogP contribution in [0.4, 0.5) is 10.1 Å². The van der Waals surface area contributed by atoms with Crippen LogP contribution in [0.2, 0.25) is 0 Å². The number of aromatic nitrogens is 1. The number of likely N-dealkylation sites (N-methyl/N-ethyl adjacent to an activating group) is 1. The maximum atomic E-state index is 13.9. The van der Waals surface area contributed by atoms with Gasteiger partial charge in [-0.1, -0.05) is 30.3 Å². The van der Waals surface area contributed by atoms with Crippen molar-refractivity contribution in [1.29, 1.82) is 0 Å². The lowest BCUT2D eigenvalue weighted by Crippen LogP contribution is -2.36. The van der Waals surface area contributed by atoms with Gasteiger partial charge in [0.2, 0.25) is 0 Å². The molecule has 0 bridgehead atoms. The number of nitrogens with one attached hydrogen (secondary N) is 1. The summed E-state index contributed by atoms with van der Waals surface area (Å²) < 4.78 is 16.6. The summed E-state index contributed by atoms with van der Waals surface area (Å²) in [6.07, 6.45) is 1.82. The lowest BCUT2D eigenvalue weighted by molar-refractivity contribution is -0.110. The van der Waals surface area contributed by atoms with E-state index in [1.165, 1.54) is 23.5 Å².